The number of hydrogen-bond donors (Lipinski definition) is 1. The van der Waals surface area contributed by atoms with E-state index in [9.17, 15) is 9.59 Å². The molecule has 0 heterocycles. The molecule has 0 aliphatic carbocycles. The molecule has 5 heteroatoms. The van der Waals surface area contributed by atoms with Gasteiger partial charge in [-0.05, 0) is 13.3 Å². The van der Waals surface area contributed by atoms with Crippen LogP contribution in [0.1, 0.15) is 78.1 Å². The Bertz CT molecular complexity index is 365. The molecule has 0 aromatic rings. The van der Waals surface area contributed by atoms with Crippen molar-refractivity contribution in [3.05, 3.63) is 12.2 Å². The van der Waals surface area contributed by atoms with E-state index in [1.165, 1.54) is 45.4 Å². The van der Waals surface area contributed by atoms with E-state index in [2.05, 4.69) is 13.5 Å². The first-order valence-corrected chi connectivity index (χ1v) is 9.14. The van der Waals surface area contributed by atoms with Gasteiger partial charge in [0.2, 0.25) is 0 Å². The van der Waals surface area contributed by atoms with Crippen LogP contribution in [0.4, 0.5) is 0 Å². The predicted octanol–water partition coefficient (Wildman–Crippen LogP) is 3.93. The van der Waals surface area contributed by atoms with Crippen molar-refractivity contribution in [2.75, 3.05) is 13.2 Å². The van der Waals surface area contributed by atoms with Gasteiger partial charge in [-0.2, -0.15) is 0 Å². The number of ether oxygens (including phenoxy) is 2. The highest BCUT2D eigenvalue weighted by Crippen LogP contribution is 2.11. The summed E-state index contributed by atoms with van der Waals surface area (Å²) in [4.78, 5) is 23.0. The molecule has 1 unspecified atom stereocenters. The number of unbranched alkanes of at least 4 members (excludes halogenated alkanes) is 8. The van der Waals surface area contributed by atoms with Crippen LogP contribution in [0.25, 0.3) is 0 Å². The maximum Gasteiger partial charge on any atom is 0.333 e. The number of aliphatic hydroxyl groups excluding tert-OH is 1. The van der Waals surface area contributed by atoms with E-state index >= 15 is 0 Å². The molecule has 5 nitrogen and oxygen atoms in total. The fourth-order valence-electron chi connectivity index (χ4n) is 2.24. The molecule has 0 spiro atoms. The fourth-order valence-corrected chi connectivity index (χ4v) is 2.24. The van der Waals surface area contributed by atoms with Gasteiger partial charge < -0.3 is 14.6 Å². The number of hydrogen-bond acceptors (Lipinski definition) is 5. The van der Waals surface area contributed by atoms with Gasteiger partial charge in [-0.15, -0.1) is 0 Å². The Morgan fingerprint density at radius 3 is 2.04 bits per heavy atom. The lowest BCUT2D eigenvalue weighted by Gasteiger charge is -2.15. The average Bonchev–Trinajstić information content (AvgIpc) is 2.56. The Balaban J connectivity index is 3.65. The van der Waals surface area contributed by atoms with Crippen LogP contribution in [-0.4, -0.2) is 36.4 Å². The van der Waals surface area contributed by atoms with E-state index in [1.807, 2.05) is 0 Å². The maximum atomic E-state index is 11.7. The quantitative estimate of drug-likeness (QED) is 0.277. The van der Waals surface area contributed by atoms with E-state index in [4.69, 9.17) is 14.6 Å². The number of aliphatic hydroxyl groups is 1. The van der Waals surface area contributed by atoms with Crippen molar-refractivity contribution in [3.63, 3.8) is 0 Å². The van der Waals surface area contributed by atoms with E-state index in [0.717, 1.165) is 19.3 Å². The highest BCUT2D eigenvalue weighted by atomic mass is 16.6. The summed E-state index contributed by atoms with van der Waals surface area (Å²) in [6.45, 7) is 6.69. The summed E-state index contributed by atoms with van der Waals surface area (Å²) in [5, 5.41) is 9.17. The highest BCUT2D eigenvalue weighted by Gasteiger charge is 2.16. The second-order valence-electron chi connectivity index (χ2n) is 6.25. The summed E-state index contributed by atoms with van der Waals surface area (Å²) < 4.78 is 9.99. The Hall–Kier alpha value is -1.36. The molecule has 0 aliphatic heterocycles. The third kappa shape index (κ3) is 13.1. The third-order valence-corrected chi connectivity index (χ3v) is 3.73. The van der Waals surface area contributed by atoms with Gasteiger partial charge >= 0.3 is 11.9 Å². The first kappa shape index (κ1) is 22.6. The topological polar surface area (TPSA) is 72.8 Å². The van der Waals surface area contributed by atoms with Crippen molar-refractivity contribution >= 4 is 11.9 Å². The summed E-state index contributed by atoms with van der Waals surface area (Å²) in [5.41, 5.74) is 0.271. The smallest absolute Gasteiger partial charge is 0.333 e. The van der Waals surface area contributed by atoms with Gasteiger partial charge in [-0.3, -0.25) is 4.79 Å². The largest absolute Gasteiger partial charge is 0.458 e. The zero-order chi connectivity index (χ0) is 18.2. The van der Waals surface area contributed by atoms with Crippen molar-refractivity contribution in [2.24, 2.45) is 0 Å². The summed E-state index contributed by atoms with van der Waals surface area (Å²) >= 11 is 0. The van der Waals surface area contributed by atoms with Crippen LogP contribution in [0.2, 0.25) is 0 Å². The normalized spacial score (nSPS) is 11.8. The summed E-state index contributed by atoms with van der Waals surface area (Å²) in [5.74, 6) is -0.910. The second kappa shape index (κ2) is 15.2. The minimum Gasteiger partial charge on any atom is -0.458 e. The lowest BCUT2D eigenvalue weighted by Crippen LogP contribution is -2.28. The zero-order valence-electron chi connectivity index (χ0n) is 15.3. The van der Waals surface area contributed by atoms with Crippen LogP contribution in [0.3, 0.4) is 0 Å². The Kier molecular flexibility index (Phi) is 14.3. The van der Waals surface area contributed by atoms with Crippen LogP contribution in [0, 0.1) is 0 Å². The molecule has 0 amide bonds. The lowest BCUT2D eigenvalue weighted by molar-refractivity contribution is -0.159. The van der Waals surface area contributed by atoms with Crippen molar-refractivity contribution in [3.8, 4) is 0 Å². The van der Waals surface area contributed by atoms with E-state index in [0.29, 0.717) is 6.42 Å². The Morgan fingerprint density at radius 1 is 1.00 bits per heavy atom. The minimum atomic E-state index is -0.806. The molecule has 0 aromatic heterocycles. The molecule has 0 aliphatic rings. The monoisotopic (exact) mass is 342 g/mol. The molecule has 0 fully saturated rings. The number of esters is 2. The Morgan fingerprint density at radius 2 is 1.54 bits per heavy atom. The molecule has 0 rings (SSSR count). The molecule has 140 valence electrons. The predicted molar refractivity (Wildman–Crippen MR) is 94.6 cm³/mol. The van der Waals surface area contributed by atoms with Gasteiger partial charge in [0.15, 0.2) is 6.10 Å². The number of carbonyl (C=O) groups excluding carboxylic acids is 2. The average molecular weight is 342 g/mol. The van der Waals surface area contributed by atoms with Crippen LogP contribution in [0.15, 0.2) is 12.2 Å². The van der Waals surface area contributed by atoms with Gasteiger partial charge in [-0.25, -0.2) is 4.79 Å². The van der Waals surface area contributed by atoms with Gasteiger partial charge in [0.1, 0.15) is 6.61 Å². The third-order valence-electron chi connectivity index (χ3n) is 3.73. The summed E-state index contributed by atoms with van der Waals surface area (Å²) in [6, 6.07) is 0. The Labute approximate surface area is 146 Å². The first-order chi connectivity index (χ1) is 11.5. The number of rotatable bonds is 15. The van der Waals surface area contributed by atoms with Crippen molar-refractivity contribution in [1.82, 2.24) is 0 Å². The van der Waals surface area contributed by atoms with E-state index in [-0.39, 0.29) is 24.8 Å². The van der Waals surface area contributed by atoms with Gasteiger partial charge in [0.05, 0.1) is 6.61 Å². The molecule has 0 saturated carbocycles. The van der Waals surface area contributed by atoms with E-state index in [1.54, 1.807) is 0 Å². The minimum absolute atomic E-state index is 0.147. The zero-order valence-corrected chi connectivity index (χ0v) is 15.3. The van der Waals surface area contributed by atoms with E-state index < -0.39 is 12.1 Å². The van der Waals surface area contributed by atoms with Gasteiger partial charge in [-0.1, -0.05) is 64.9 Å². The van der Waals surface area contributed by atoms with Gasteiger partial charge in [0.25, 0.3) is 0 Å². The van der Waals surface area contributed by atoms with Crippen LogP contribution >= 0.6 is 0 Å². The first-order valence-electron chi connectivity index (χ1n) is 9.14. The maximum absolute atomic E-state index is 11.7. The molecule has 24 heavy (non-hydrogen) atoms. The van der Waals surface area contributed by atoms with Crippen molar-refractivity contribution in [1.29, 1.82) is 0 Å². The number of carbonyl (C=O) groups is 2. The molecule has 1 N–H and O–H groups in total. The van der Waals surface area contributed by atoms with Crippen LogP contribution < -0.4 is 0 Å². The molecule has 0 aromatic carbocycles. The lowest BCUT2D eigenvalue weighted by atomic mass is 10.1. The van der Waals surface area contributed by atoms with Crippen LogP contribution in [0.5, 0.6) is 0 Å². The molecular formula is C19H34O5. The SMILES string of the molecule is C=C(C)C(=O)OCC(CO)OC(=O)CCCCCCCCCCC. The second-order valence-corrected chi connectivity index (χ2v) is 6.25. The summed E-state index contributed by atoms with van der Waals surface area (Å²) in [6.07, 6.45) is 10.2. The fraction of sp³-hybridized carbons (Fsp3) is 0.789. The molecule has 1 atom stereocenters. The van der Waals surface area contributed by atoms with Gasteiger partial charge in [0, 0.05) is 12.0 Å². The molecule has 0 bridgehead atoms. The van der Waals surface area contributed by atoms with Crippen LogP contribution in [-0.2, 0) is 19.1 Å². The molecular weight excluding hydrogens is 308 g/mol. The molecule has 0 radical (unpaired) electrons. The van der Waals surface area contributed by atoms with Crippen molar-refractivity contribution < 1.29 is 24.2 Å². The standard InChI is InChI=1S/C19H34O5/c1-4-5-6-7-8-9-10-11-12-13-18(21)24-17(14-20)15-23-19(22)16(2)3/h17,20H,2,4-15H2,1,3H3. The highest BCUT2D eigenvalue weighted by molar-refractivity contribution is 5.86. The molecule has 0 saturated heterocycles. The summed E-state index contributed by atoms with van der Waals surface area (Å²) in [7, 11) is 0. The van der Waals surface area contributed by atoms with Crippen molar-refractivity contribution in [2.45, 2.75) is 84.2 Å².